The van der Waals surface area contributed by atoms with E-state index < -0.39 is 78.2 Å². The van der Waals surface area contributed by atoms with Crippen molar-refractivity contribution in [1.82, 2.24) is 61.5 Å². The summed E-state index contributed by atoms with van der Waals surface area (Å²) >= 11 is 7.11. The molecular formula is C61H65N13O12S6. The highest BCUT2D eigenvalue weighted by Crippen LogP contribution is 2.41. The number of pyridine rings is 1. The molecule has 1 aliphatic heterocycles. The molecule has 8 N–H and O–H groups in total. The van der Waals surface area contributed by atoms with Crippen LogP contribution >= 0.6 is 68.0 Å². The number of hydrogen-bond donors (Lipinski definition) is 8. The fourth-order valence-corrected chi connectivity index (χ4v) is 16.1. The summed E-state index contributed by atoms with van der Waals surface area (Å²) in [7, 11) is 2.93. The Morgan fingerprint density at radius 2 is 1.39 bits per heavy atom. The van der Waals surface area contributed by atoms with Crippen molar-refractivity contribution in [3.05, 3.63) is 111 Å². The van der Waals surface area contributed by atoms with E-state index in [1.54, 1.807) is 75.8 Å². The number of amides is 6. The van der Waals surface area contributed by atoms with Crippen LogP contribution in [0.2, 0.25) is 0 Å². The van der Waals surface area contributed by atoms with Gasteiger partial charge in [0.2, 0.25) is 17.7 Å². The Hall–Kier alpha value is -8.17. The molecule has 482 valence electrons. The summed E-state index contributed by atoms with van der Waals surface area (Å²) in [4.78, 5) is 144. The maximum absolute atomic E-state index is 14.4. The number of anilines is 1. The maximum atomic E-state index is 14.4. The van der Waals surface area contributed by atoms with Crippen LogP contribution in [0.25, 0.3) is 43.4 Å². The van der Waals surface area contributed by atoms with Crippen molar-refractivity contribution in [1.29, 1.82) is 0 Å². The van der Waals surface area contributed by atoms with Gasteiger partial charge in [0.1, 0.15) is 82.2 Å². The van der Waals surface area contributed by atoms with Gasteiger partial charge in [0.25, 0.3) is 17.7 Å². The standard InChI is InChI=1S/C61H65N13O12S6/c1-29(2)46-60-73-49(40(92-60)24-86-5)53(82)63-23-43(76)70-50(51(80)32-11-7-6-8-12-32)59-68-39(27-89-59)57-66-37(25-88-57)48-34(55-67-38(26-87-55)52(81)65-36(22-42(75)62-4)58-72-47(30(3)91-58)54(83)71-46)18-19-35(64-48)56-69-41(28-90-56)74(20-10-9-13-45(78)79)44(77)21-31-14-16-33(17-15-31)61(84)85/h6-8,11-12,18-19,25-29,31,33,36,46,50-51,80H,9-10,13-17,20-24H2,1-5H3,(H,62,75)(H,63,82)(H,65,81)(H,70,76)(H,71,83)(H,78,79)(H,84,85)/t31?,33?,36-,46-,50-,51-/m0/s1. The van der Waals surface area contributed by atoms with E-state index in [4.69, 9.17) is 39.6 Å². The molecule has 10 bridgehead atoms. The van der Waals surface area contributed by atoms with Gasteiger partial charge in [-0.2, -0.15) is 0 Å². The Bertz CT molecular complexity index is 4020. The zero-order valence-electron chi connectivity index (χ0n) is 50.4. The van der Waals surface area contributed by atoms with Crippen LogP contribution in [0.15, 0.2) is 64.0 Å². The first kappa shape index (κ1) is 66.7. The number of thiazole rings is 6. The number of aromatic nitrogens is 7. The lowest BCUT2D eigenvalue weighted by Crippen LogP contribution is -2.40. The van der Waals surface area contributed by atoms with Crippen molar-refractivity contribution in [2.75, 3.05) is 32.1 Å². The topological polar surface area (TPSA) is 360 Å². The van der Waals surface area contributed by atoms with Gasteiger partial charge < -0.3 is 46.6 Å². The SMILES string of the molecule is CNC(=O)C[C@@H]1NC(=O)c2csc(n2)-c2ccc(-c3nc(N(CCCCC(=O)O)C(=O)CC4CCC(C(=O)O)CC4)cs3)nc2-c2csc(n2)-c2csc(n2)[C@H]([C@@H](O)c2ccccc2)NC(=O)CNC(=O)c2nc(sc2COC)[C@H](C(C)C)NC(=O)c2nc1sc2C. The molecule has 1 aromatic carbocycles. The summed E-state index contributed by atoms with van der Waals surface area (Å²) < 4.78 is 5.46. The number of carboxylic acids is 2. The number of aliphatic carboxylic acids is 2. The number of hydrogen-bond acceptors (Lipinski definition) is 23. The van der Waals surface area contributed by atoms with Gasteiger partial charge in [-0.15, -0.1) is 68.0 Å². The Labute approximate surface area is 551 Å². The number of benzene rings is 1. The van der Waals surface area contributed by atoms with Crippen LogP contribution in [0.3, 0.4) is 0 Å². The largest absolute Gasteiger partial charge is 0.481 e. The first-order valence-corrected chi connectivity index (χ1v) is 34.6. The number of aliphatic hydroxyl groups excluding tert-OH is 1. The summed E-state index contributed by atoms with van der Waals surface area (Å²) in [5.74, 6) is -5.36. The van der Waals surface area contributed by atoms with Gasteiger partial charge >= 0.3 is 11.9 Å². The third-order valence-corrected chi connectivity index (χ3v) is 21.2. The third kappa shape index (κ3) is 15.8. The van der Waals surface area contributed by atoms with Gasteiger partial charge in [0, 0.05) is 65.5 Å². The quantitative estimate of drug-likeness (QED) is 0.0394. The van der Waals surface area contributed by atoms with Gasteiger partial charge in [-0.05, 0) is 75.0 Å². The van der Waals surface area contributed by atoms with Gasteiger partial charge in [-0.25, -0.2) is 34.9 Å². The number of carbonyl (C=O) groups is 8. The molecule has 0 radical (unpaired) electrons. The molecule has 25 nitrogen and oxygen atoms in total. The van der Waals surface area contributed by atoms with Crippen LogP contribution in [-0.2, 0) is 35.3 Å². The highest BCUT2D eigenvalue weighted by atomic mass is 32.1. The van der Waals surface area contributed by atoms with Crippen molar-refractivity contribution in [2.45, 2.75) is 109 Å². The molecule has 31 heteroatoms. The highest BCUT2D eigenvalue weighted by Gasteiger charge is 2.34. The predicted molar refractivity (Wildman–Crippen MR) is 348 cm³/mol. The number of carbonyl (C=O) groups excluding carboxylic acids is 6. The first-order chi connectivity index (χ1) is 44.2. The van der Waals surface area contributed by atoms with Crippen LogP contribution in [0.1, 0.15) is 158 Å². The Kier molecular flexibility index (Phi) is 21.8. The number of ether oxygens (including phenoxy) is 1. The number of unbranched alkanes of at least 4 members (excludes halogenated alkanes) is 1. The lowest BCUT2D eigenvalue weighted by Gasteiger charge is -2.28. The zero-order chi connectivity index (χ0) is 65.3. The van der Waals surface area contributed by atoms with Crippen molar-refractivity contribution in [3.63, 3.8) is 0 Å². The number of fused-ring (bicyclic) bond motifs is 14. The summed E-state index contributed by atoms with van der Waals surface area (Å²) in [6.07, 6.45) is 1.38. The number of methoxy groups -OCH3 is 1. The molecule has 0 unspecified atom stereocenters. The second kappa shape index (κ2) is 30.1. The molecule has 7 aromatic heterocycles. The van der Waals surface area contributed by atoms with E-state index in [-0.39, 0.29) is 72.2 Å². The molecule has 0 spiro atoms. The molecule has 1 aliphatic carbocycles. The maximum Gasteiger partial charge on any atom is 0.306 e. The summed E-state index contributed by atoms with van der Waals surface area (Å²) in [6.45, 7) is 5.11. The van der Waals surface area contributed by atoms with Gasteiger partial charge in [-0.1, -0.05) is 44.2 Å². The number of rotatable bonds is 17. The van der Waals surface area contributed by atoms with E-state index in [0.717, 1.165) is 34.0 Å². The van der Waals surface area contributed by atoms with E-state index in [0.29, 0.717) is 113 Å². The van der Waals surface area contributed by atoms with Crippen LogP contribution in [-0.4, -0.2) is 125 Å². The molecule has 0 saturated heterocycles. The normalized spacial score (nSPS) is 18.4. The number of aliphatic hydroxyl groups is 1. The first-order valence-electron chi connectivity index (χ1n) is 29.4. The lowest BCUT2D eigenvalue weighted by atomic mass is 9.80. The average Bonchev–Trinajstić information content (AvgIpc) is 1.62. The van der Waals surface area contributed by atoms with E-state index in [1.807, 2.05) is 13.8 Å². The smallest absolute Gasteiger partial charge is 0.306 e. The molecule has 1 fully saturated rings. The van der Waals surface area contributed by atoms with E-state index in [1.165, 1.54) is 48.2 Å². The second-order valence-electron chi connectivity index (χ2n) is 22.3. The van der Waals surface area contributed by atoms with E-state index >= 15 is 0 Å². The second-order valence-corrected chi connectivity index (χ2v) is 28.1. The zero-order valence-corrected chi connectivity index (χ0v) is 55.3. The molecule has 1 saturated carbocycles. The number of carboxylic acid groups (broad SMARTS) is 2. The Balaban J connectivity index is 1.03. The number of nitrogens with one attached hydrogen (secondary N) is 5. The minimum absolute atomic E-state index is 0.00201. The van der Waals surface area contributed by atoms with Crippen LogP contribution in [0.5, 0.6) is 0 Å². The summed E-state index contributed by atoms with van der Waals surface area (Å²) in [5, 5.41) is 54.1. The summed E-state index contributed by atoms with van der Waals surface area (Å²) in [6, 6.07) is 9.38. The van der Waals surface area contributed by atoms with E-state index in [9.17, 15) is 53.7 Å². The number of nitrogens with zero attached hydrogens (tertiary/aromatic N) is 8. The van der Waals surface area contributed by atoms with Crippen molar-refractivity contribution >= 4 is 121 Å². The minimum atomic E-state index is -1.30. The van der Waals surface area contributed by atoms with E-state index in [2.05, 4.69) is 26.6 Å². The van der Waals surface area contributed by atoms with Crippen LogP contribution < -0.4 is 31.5 Å². The molecule has 92 heavy (non-hydrogen) atoms. The van der Waals surface area contributed by atoms with Crippen LogP contribution in [0, 0.1) is 24.7 Å². The highest BCUT2D eigenvalue weighted by molar-refractivity contribution is 7.15. The lowest BCUT2D eigenvalue weighted by molar-refractivity contribution is -0.143. The fourth-order valence-electron chi connectivity index (χ4n) is 10.6. The monoisotopic (exact) mass is 1360 g/mol. The molecule has 2 aliphatic rings. The van der Waals surface area contributed by atoms with Crippen LogP contribution in [0.4, 0.5) is 5.82 Å². The minimum Gasteiger partial charge on any atom is -0.481 e. The van der Waals surface area contributed by atoms with Gasteiger partial charge in [0.15, 0.2) is 0 Å². The summed E-state index contributed by atoms with van der Waals surface area (Å²) in [5.41, 5.74) is 2.50. The fraction of sp³-hybridized carbons (Fsp3) is 0.393. The molecular weight excluding hydrogens is 1300 g/mol. The Morgan fingerprint density at radius 1 is 0.685 bits per heavy atom. The van der Waals surface area contributed by atoms with Crippen molar-refractivity contribution < 1.29 is 58.4 Å². The predicted octanol–water partition coefficient (Wildman–Crippen LogP) is 9.18. The molecule has 6 amide bonds. The van der Waals surface area contributed by atoms with Gasteiger partial charge in [-0.3, -0.25) is 43.3 Å². The molecule has 8 heterocycles. The van der Waals surface area contributed by atoms with Gasteiger partial charge in [0.05, 0.1) is 48.1 Å². The Morgan fingerprint density at radius 3 is 2.12 bits per heavy atom. The average molecular weight is 1360 g/mol. The molecule has 10 rings (SSSR count). The third-order valence-electron chi connectivity index (χ3n) is 15.5. The number of aryl methyl sites for hydroxylation is 1. The molecule has 8 aromatic rings. The molecule has 4 atom stereocenters. The van der Waals surface area contributed by atoms with Crippen molar-refractivity contribution in [2.24, 2.45) is 17.8 Å². The van der Waals surface area contributed by atoms with Crippen molar-refractivity contribution in [3.8, 4) is 43.4 Å².